The predicted molar refractivity (Wildman–Crippen MR) is 108 cm³/mol. The lowest BCUT2D eigenvalue weighted by Crippen LogP contribution is -3.07. The summed E-state index contributed by atoms with van der Waals surface area (Å²) in [5, 5.41) is 5.43. The van der Waals surface area contributed by atoms with E-state index < -0.39 is 0 Å². The molecule has 26 heavy (non-hydrogen) atoms. The number of hydrogen-bond donors (Lipinski definition) is 1. The van der Waals surface area contributed by atoms with Gasteiger partial charge in [-0.25, -0.2) is 0 Å². The third kappa shape index (κ3) is 4.39. The van der Waals surface area contributed by atoms with Crippen molar-refractivity contribution in [1.82, 2.24) is 9.78 Å². The molecular weight excluding hydrogens is 364 g/mol. The van der Waals surface area contributed by atoms with Crippen LogP contribution in [0.3, 0.4) is 0 Å². The van der Waals surface area contributed by atoms with Crippen LogP contribution in [0.4, 0.5) is 5.13 Å². The molecule has 0 aliphatic heterocycles. The molecule has 2 aromatic rings. The van der Waals surface area contributed by atoms with Gasteiger partial charge in [-0.15, -0.1) is 5.10 Å². The smallest absolute Gasteiger partial charge is 0.228 e. The Labute approximate surface area is 164 Å². The van der Waals surface area contributed by atoms with Gasteiger partial charge < -0.3 is 4.90 Å². The fourth-order valence-electron chi connectivity index (χ4n) is 3.14. The van der Waals surface area contributed by atoms with Gasteiger partial charge in [0.05, 0.1) is 7.05 Å². The van der Waals surface area contributed by atoms with E-state index >= 15 is 0 Å². The number of hydrogen-bond acceptors (Lipinski definition) is 4. The summed E-state index contributed by atoms with van der Waals surface area (Å²) in [7, 11) is 2.15. The van der Waals surface area contributed by atoms with E-state index in [1.165, 1.54) is 32.9 Å². The van der Waals surface area contributed by atoms with Gasteiger partial charge in [0.1, 0.15) is 6.54 Å². The van der Waals surface area contributed by atoms with Crippen molar-refractivity contribution >= 4 is 34.6 Å². The molecule has 3 rings (SSSR count). The number of amides is 1. The molecule has 1 N–H and O–H groups in total. The first-order valence-electron chi connectivity index (χ1n) is 9.16. The van der Waals surface area contributed by atoms with Gasteiger partial charge in [-0.05, 0) is 44.5 Å². The van der Waals surface area contributed by atoms with E-state index in [4.69, 9.17) is 12.2 Å². The number of quaternary nitrogens is 1. The summed E-state index contributed by atoms with van der Waals surface area (Å²) < 4.78 is 2.60. The van der Waals surface area contributed by atoms with Crippen LogP contribution in [0.1, 0.15) is 42.9 Å². The van der Waals surface area contributed by atoms with E-state index in [0.29, 0.717) is 19.1 Å². The highest BCUT2D eigenvalue weighted by molar-refractivity contribution is 7.73. The van der Waals surface area contributed by atoms with Gasteiger partial charge in [-0.1, -0.05) is 42.0 Å². The van der Waals surface area contributed by atoms with Crippen LogP contribution in [0.15, 0.2) is 18.2 Å². The average molecular weight is 392 g/mol. The molecule has 0 bridgehead atoms. The van der Waals surface area contributed by atoms with Gasteiger partial charge in [0, 0.05) is 18.0 Å². The van der Waals surface area contributed by atoms with Crippen LogP contribution in [0.5, 0.6) is 0 Å². The van der Waals surface area contributed by atoms with Crippen molar-refractivity contribution in [3.8, 4) is 0 Å². The van der Waals surface area contributed by atoms with E-state index in [1.807, 2.05) is 16.5 Å². The molecule has 140 valence electrons. The topological polar surface area (TPSA) is 42.6 Å². The maximum Gasteiger partial charge on any atom is 0.228 e. The van der Waals surface area contributed by atoms with Crippen molar-refractivity contribution in [3.05, 3.63) is 38.8 Å². The largest absolute Gasteiger partial charge is 0.315 e. The molecule has 5 nitrogen and oxygen atoms in total. The number of aryl methyl sites for hydroxylation is 2. The van der Waals surface area contributed by atoms with E-state index in [0.717, 1.165) is 28.5 Å². The normalized spacial score (nSPS) is 15.1. The van der Waals surface area contributed by atoms with Crippen LogP contribution in [-0.4, -0.2) is 28.8 Å². The number of rotatable bonds is 7. The van der Waals surface area contributed by atoms with Gasteiger partial charge in [-0.3, -0.25) is 9.69 Å². The Morgan fingerprint density at radius 1 is 1.42 bits per heavy atom. The van der Waals surface area contributed by atoms with Gasteiger partial charge in [0.2, 0.25) is 11.0 Å². The highest BCUT2D eigenvalue weighted by Gasteiger charge is 2.35. The predicted octanol–water partition coefficient (Wildman–Crippen LogP) is 2.87. The van der Waals surface area contributed by atoms with Crippen molar-refractivity contribution < 1.29 is 9.69 Å². The highest BCUT2D eigenvalue weighted by Crippen LogP contribution is 2.33. The van der Waals surface area contributed by atoms with Crippen LogP contribution >= 0.6 is 23.6 Å². The lowest BCUT2D eigenvalue weighted by Gasteiger charge is -2.18. The molecule has 7 heteroatoms. The second kappa shape index (κ2) is 7.98. The quantitative estimate of drug-likeness (QED) is 0.738. The molecular formula is C19H27N4OS2+. The SMILES string of the molecule is CCC(=O)N(c1nn(C[NH+](C)Cc2ccc(C)cc2C)c(=S)s1)C1CC1. The molecule has 0 saturated heterocycles. The second-order valence-corrected chi connectivity index (χ2v) is 8.82. The summed E-state index contributed by atoms with van der Waals surface area (Å²) in [4.78, 5) is 15.5. The highest BCUT2D eigenvalue weighted by atomic mass is 32.1. The summed E-state index contributed by atoms with van der Waals surface area (Å²) in [5.74, 6) is 0.138. The monoisotopic (exact) mass is 391 g/mol. The summed E-state index contributed by atoms with van der Waals surface area (Å²) >= 11 is 6.96. The minimum absolute atomic E-state index is 0.138. The number of nitrogens with one attached hydrogen (secondary N) is 1. The summed E-state index contributed by atoms with van der Waals surface area (Å²) in [5.41, 5.74) is 3.95. The number of carbonyl (C=O) groups excluding carboxylic acids is 1. The zero-order valence-electron chi connectivity index (χ0n) is 15.9. The van der Waals surface area contributed by atoms with Gasteiger partial charge >= 0.3 is 0 Å². The van der Waals surface area contributed by atoms with Crippen LogP contribution in [-0.2, 0) is 18.0 Å². The van der Waals surface area contributed by atoms with E-state index in [9.17, 15) is 4.79 Å². The van der Waals surface area contributed by atoms with Gasteiger partial charge in [0.25, 0.3) is 0 Å². The fraction of sp³-hybridized carbons (Fsp3) is 0.526. The molecule has 1 heterocycles. The molecule has 1 amide bonds. The molecule has 1 fully saturated rings. The Morgan fingerprint density at radius 2 is 2.15 bits per heavy atom. The van der Waals surface area contributed by atoms with Gasteiger partial charge in [0.15, 0.2) is 10.6 Å². The lowest BCUT2D eigenvalue weighted by atomic mass is 10.1. The molecule has 1 saturated carbocycles. The third-order valence-electron chi connectivity index (χ3n) is 4.69. The van der Waals surface area contributed by atoms with E-state index in [2.05, 4.69) is 44.2 Å². The molecule has 0 radical (unpaired) electrons. The standard InChI is InChI=1S/C19H26N4OS2/c1-5-17(24)23(16-8-9-16)18-20-22(19(25)26-18)12-21(4)11-15-7-6-13(2)10-14(15)3/h6-7,10,16H,5,8-9,11-12H2,1-4H3/p+1. The zero-order chi connectivity index (χ0) is 18.8. The minimum Gasteiger partial charge on any atom is -0.315 e. The third-order valence-corrected chi connectivity index (χ3v) is 6.00. The number of nitrogens with zero attached hydrogens (tertiary/aromatic N) is 3. The van der Waals surface area contributed by atoms with Crippen molar-refractivity contribution in [2.75, 3.05) is 11.9 Å². The van der Waals surface area contributed by atoms with Crippen LogP contribution in [0.2, 0.25) is 0 Å². The summed E-state index contributed by atoms with van der Waals surface area (Å²) in [6.07, 6.45) is 2.63. The Hall–Kier alpha value is -1.57. The maximum absolute atomic E-state index is 12.3. The van der Waals surface area contributed by atoms with E-state index in [-0.39, 0.29) is 5.91 Å². The number of aromatic nitrogens is 2. The van der Waals surface area contributed by atoms with Crippen LogP contribution in [0, 0.1) is 17.8 Å². The van der Waals surface area contributed by atoms with Crippen LogP contribution < -0.4 is 9.80 Å². The Kier molecular flexibility index (Phi) is 5.89. The molecule has 1 aromatic heterocycles. The average Bonchev–Trinajstić information content (AvgIpc) is 3.35. The maximum atomic E-state index is 12.3. The Morgan fingerprint density at radius 3 is 2.77 bits per heavy atom. The molecule has 1 aliphatic rings. The summed E-state index contributed by atoms with van der Waals surface area (Å²) in [6, 6.07) is 6.90. The first-order valence-corrected chi connectivity index (χ1v) is 10.4. The molecule has 1 aliphatic carbocycles. The van der Waals surface area contributed by atoms with Crippen molar-refractivity contribution in [2.24, 2.45) is 0 Å². The Bertz CT molecular complexity index is 853. The fourth-order valence-corrected chi connectivity index (χ4v) is 4.33. The Balaban J connectivity index is 1.72. The number of carbonyl (C=O) groups is 1. The lowest BCUT2D eigenvalue weighted by molar-refractivity contribution is -0.917. The minimum atomic E-state index is 0.138. The summed E-state index contributed by atoms with van der Waals surface area (Å²) in [6.45, 7) is 7.79. The van der Waals surface area contributed by atoms with Crippen molar-refractivity contribution in [1.29, 1.82) is 0 Å². The molecule has 1 aromatic carbocycles. The zero-order valence-corrected chi connectivity index (χ0v) is 17.5. The molecule has 1 unspecified atom stereocenters. The molecule has 1 atom stereocenters. The number of anilines is 1. The molecule has 0 spiro atoms. The second-order valence-electron chi connectivity index (χ2n) is 7.22. The van der Waals surface area contributed by atoms with Crippen LogP contribution in [0.25, 0.3) is 0 Å². The number of benzene rings is 1. The van der Waals surface area contributed by atoms with Crippen molar-refractivity contribution in [2.45, 2.75) is 59.3 Å². The van der Waals surface area contributed by atoms with Crippen molar-refractivity contribution in [3.63, 3.8) is 0 Å². The van der Waals surface area contributed by atoms with E-state index in [1.54, 1.807) is 0 Å². The first-order chi connectivity index (χ1) is 12.4. The van der Waals surface area contributed by atoms with Gasteiger partial charge in [-0.2, -0.15) is 4.68 Å². The first kappa shape index (κ1) is 19.2.